The third-order valence-corrected chi connectivity index (χ3v) is 4.04. The quantitative estimate of drug-likeness (QED) is 0.868. The summed E-state index contributed by atoms with van der Waals surface area (Å²) in [6.45, 7) is 0.524. The SMILES string of the molecule is CS(=O)(=O)NCC1(c2ccccc2)CCC1. The van der Waals surface area contributed by atoms with Crippen molar-refractivity contribution in [3.05, 3.63) is 35.9 Å². The van der Waals surface area contributed by atoms with Crippen molar-refractivity contribution in [2.45, 2.75) is 24.7 Å². The Morgan fingerprint density at radius 2 is 1.88 bits per heavy atom. The maximum Gasteiger partial charge on any atom is 0.208 e. The van der Waals surface area contributed by atoms with Crippen molar-refractivity contribution in [3.8, 4) is 0 Å². The van der Waals surface area contributed by atoms with E-state index in [1.165, 1.54) is 18.2 Å². The molecule has 0 amide bonds. The first-order valence-corrected chi connectivity index (χ1v) is 7.41. The molecule has 1 aliphatic rings. The fourth-order valence-electron chi connectivity index (χ4n) is 2.23. The molecule has 1 saturated carbocycles. The van der Waals surface area contributed by atoms with Gasteiger partial charge in [-0.15, -0.1) is 0 Å². The summed E-state index contributed by atoms with van der Waals surface area (Å²) in [5.41, 5.74) is 1.28. The monoisotopic (exact) mass is 239 g/mol. The van der Waals surface area contributed by atoms with E-state index in [1.54, 1.807) is 0 Å². The molecular formula is C12H17NO2S. The highest BCUT2D eigenvalue weighted by molar-refractivity contribution is 7.88. The van der Waals surface area contributed by atoms with Crippen LogP contribution in [0.3, 0.4) is 0 Å². The van der Waals surface area contributed by atoms with Gasteiger partial charge in [0.25, 0.3) is 0 Å². The predicted octanol–water partition coefficient (Wildman–Crippen LogP) is 1.66. The standard InChI is InChI=1S/C12H17NO2S/c1-16(14,15)13-10-12(8-5-9-12)11-6-3-2-4-7-11/h2-4,6-7,13H,5,8-10H2,1H3. The maximum atomic E-state index is 11.1. The Labute approximate surface area is 96.9 Å². The van der Waals surface area contributed by atoms with Crippen LogP contribution in [0.2, 0.25) is 0 Å². The molecule has 0 saturated heterocycles. The second-order valence-corrected chi connectivity index (χ2v) is 6.43. The predicted molar refractivity (Wildman–Crippen MR) is 64.8 cm³/mol. The van der Waals surface area contributed by atoms with Crippen LogP contribution in [0.15, 0.2) is 30.3 Å². The normalized spacial score (nSPS) is 19.1. The first kappa shape index (κ1) is 11.6. The smallest absolute Gasteiger partial charge is 0.208 e. The average molecular weight is 239 g/mol. The molecule has 3 nitrogen and oxygen atoms in total. The number of rotatable bonds is 4. The van der Waals surface area contributed by atoms with E-state index >= 15 is 0 Å². The first-order valence-electron chi connectivity index (χ1n) is 5.52. The van der Waals surface area contributed by atoms with Crippen LogP contribution in [0.25, 0.3) is 0 Å². The summed E-state index contributed by atoms with van der Waals surface area (Å²) >= 11 is 0. The Hall–Kier alpha value is -0.870. The van der Waals surface area contributed by atoms with Crippen LogP contribution in [0, 0.1) is 0 Å². The van der Waals surface area contributed by atoms with E-state index in [-0.39, 0.29) is 5.41 Å². The lowest BCUT2D eigenvalue weighted by atomic mass is 9.64. The average Bonchev–Trinajstić information content (AvgIpc) is 2.16. The van der Waals surface area contributed by atoms with Gasteiger partial charge in [0, 0.05) is 12.0 Å². The summed E-state index contributed by atoms with van der Waals surface area (Å²) in [5.74, 6) is 0. The lowest BCUT2D eigenvalue weighted by molar-refractivity contribution is 0.245. The fourth-order valence-corrected chi connectivity index (χ4v) is 2.77. The van der Waals surface area contributed by atoms with E-state index < -0.39 is 10.0 Å². The minimum atomic E-state index is -3.09. The van der Waals surface area contributed by atoms with Gasteiger partial charge in [-0.1, -0.05) is 36.8 Å². The summed E-state index contributed by atoms with van der Waals surface area (Å²) in [7, 11) is -3.09. The van der Waals surface area contributed by atoms with Gasteiger partial charge in [0.2, 0.25) is 10.0 Å². The molecular weight excluding hydrogens is 222 g/mol. The molecule has 0 radical (unpaired) electrons. The Morgan fingerprint density at radius 1 is 1.25 bits per heavy atom. The van der Waals surface area contributed by atoms with Gasteiger partial charge in [-0.05, 0) is 18.4 Å². The van der Waals surface area contributed by atoms with Gasteiger partial charge in [-0.2, -0.15) is 0 Å². The van der Waals surface area contributed by atoms with Crippen LogP contribution in [0.4, 0.5) is 0 Å². The summed E-state index contributed by atoms with van der Waals surface area (Å²) in [6.07, 6.45) is 4.53. The molecule has 1 N–H and O–H groups in total. The molecule has 4 heteroatoms. The maximum absolute atomic E-state index is 11.1. The van der Waals surface area contributed by atoms with E-state index in [4.69, 9.17) is 0 Å². The van der Waals surface area contributed by atoms with Crippen molar-refractivity contribution >= 4 is 10.0 Å². The van der Waals surface area contributed by atoms with Crippen molar-refractivity contribution in [2.24, 2.45) is 0 Å². The third-order valence-electron chi connectivity index (χ3n) is 3.37. The number of nitrogens with one attached hydrogen (secondary N) is 1. The molecule has 1 aromatic rings. The molecule has 0 heterocycles. The number of benzene rings is 1. The van der Waals surface area contributed by atoms with Crippen LogP contribution >= 0.6 is 0 Å². The number of hydrogen-bond donors (Lipinski definition) is 1. The molecule has 0 unspecified atom stereocenters. The Morgan fingerprint density at radius 3 is 2.31 bits per heavy atom. The van der Waals surface area contributed by atoms with Crippen molar-refractivity contribution in [1.82, 2.24) is 4.72 Å². The fraction of sp³-hybridized carbons (Fsp3) is 0.500. The molecule has 16 heavy (non-hydrogen) atoms. The molecule has 2 rings (SSSR count). The summed E-state index contributed by atoms with van der Waals surface area (Å²) in [5, 5.41) is 0. The van der Waals surface area contributed by atoms with Crippen molar-refractivity contribution in [3.63, 3.8) is 0 Å². The van der Waals surface area contributed by atoms with Gasteiger partial charge in [0.15, 0.2) is 0 Å². The molecule has 0 bridgehead atoms. The van der Waals surface area contributed by atoms with E-state index in [0.29, 0.717) is 6.54 Å². The van der Waals surface area contributed by atoms with Crippen molar-refractivity contribution < 1.29 is 8.42 Å². The number of hydrogen-bond acceptors (Lipinski definition) is 2. The summed E-state index contributed by atoms with van der Waals surface area (Å²) in [6, 6.07) is 10.2. The highest BCUT2D eigenvalue weighted by Gasteiger charge is 2.38. The third kappa shape index (κ3) is 2.44. The second-order valence-electron chi connectivity index (χ2n) is 4.59. The molecule has 0 aliphatic heterocycles. The van der Waals surface area contributed by atoms with Gasteiger partial charge in [-0.3, -0.25) is 0 Å². The van der Waals surface area contributed by atoms with Crippen LogP contribution in [-0.4, -0.2) is 21.2 Å². The topological polar surface area (TPSA) is 46.2 Å². The molecule has 1 aliphatic carbocycles. The second kappa shape index (κ2) is 4.18. The molecule has 1 fully saturated rings. The van der Waals surface area contributed by atoms with Crippen LogP contribution < -0.4 is 4.72 Å². The van der Waals surface area contributed by atoms with Gasteiger partial charge >= 0.3 is 0 Å². The van der Waals surface area contributed by atoms with Gasteiger partial charge in [0.05, 0.1) is 6.26 Å². The highest BCUT2D eigenvalue weighted by Crippen LogP contribution is 2.43. The van der Waals surface area contributed by atoms with Crippen LogP contribution in [-0.2, 0) is 15.4 Å². The molecule has 0 spiro atoms. The van der Waals surface area contributed by atoms with Crippen LogP contribution in [0.1, 0.15) is 24.8 Å². The van der Waals surface area contributed by atoms with Gasteiger partial charge in [-0.25, -0.2) is 13.1 Å². The molecule has 88 valence electrons. The Balaban J connectivity index is 2.15. The van der Waals surface area contributed by atoms with Crippen molar-refractivity contribution in [2.75, 3.05) is 12.8 Å². The van der Waals surface area contributed by atoms with Gasteiger partial charge < -0.3 is 0 Å². The number of sulfonamides is 1. The zero-order valence-corrected chi connectivity index (χ0v) is 10.3. The highest BCUT2D eigenvalue weighted by atomic mass is 32.2. The zero-order valence-electron chi connectivity index (χ0n) is 9.44. The first-order chi connectivity index (χ1) is 7.52. The van der Waals surface area contributed by atoms with E-state index in [0.717, 1.165) is 12.8 Å². The molecule has 0 aromatic heterocycles. The summed E-state index contributed by atoms with van der Waals surface area (Å²) in [4.78, 5) is 0. The molecule has 1 aromatic carbocycles. The zero-order chi connectivity index (χ0) is 11.6. The van der Waals surface area contributed by atoms with E-state index in [2.05, 4.69) is 16.9 Å². The lowest BCUT2D eigenvalue weighted by Gasteiger charge is -2.42. The molecule has 0 atom stereocenters. The van der Waals surface area contributed by atoms with Crippen LogP contribution in [0.5, 0.6) is 0 Å². The van der Waals surface area contributed by atoms with Gasteiger partial charge in [0.1, 0.15) is 0 Å². The largest absolute Gasteiger partial charge is 0.215 e. The lowest BCUT2D eigenvalue weighted by Crippen LogP contribution is -2.45. The Bertz CT molecular complexity index is 449. The minimum absolute atomic E-state index is 0.0321. The van der Waals surface area contributed by atoms with E-state index in [1.807, 2.05) is 18.2 Å². The van der Waals surface area contributed by atoms with Crippen molar-refractivity contribution in [1.29, 1.82) is 0 Å². The Kier molecular flexibility index (Phi) is 3.04. The summed E-state index contributed by atoms with van der Waals surface area (Å²) < 4.78 is 24.9. The van der Waals surface area contributed by atoms with E-state index in [9.17, 15) is 8.42 Å². The minimum Gasteiger partial charge on any atom is -0.215 e.